The maximum Gasteiger partial charge on any atom is 0.267 e. The normalized spacial score (nSPS) is 17.4. The molecule has 1 fully saturated rings. The molecule has 1 saturated heterocycles. The van der Waals surface area contributed by atoms with Crippen molar-refractivity contribution >= 4 is 5.91 Å². The van der Waals surface area contributed by atoms with Crippen LogP contribution in [0.15, 0.2) is 72.9 Å². The number of hydrogen-bond donors (Lipinski definition) is 0. The number of amides is 1. The number of rotatable bonds is 9. The first-order valence-electron chi connectivity index (χ1n) is 12.3. The predicted molar refractivity (Wildman–Crippen MR) is 134 cm³/mol. The van der Waals surface area contributed by atoms with E-state index in [-0.39, 0.29) is 12.5 Å². The van der Waals surface area contributed by atoms with E-state index in [9.17, 15) is 4.79 Å². The van der Waals surface area contributed by atoms with Gasteiger partial charge < -0.3 is 23.8 Å². The van der Waals surface area contributed by atoms with Gasteiger partial charge in [-0.1, -0.05) is 30.3 Å². The third-order valence-electron chi connectivity index (χ3n) is 6.23. The summed E-state index contributed by atoms with van der Waals surface area (Å²) in [6.07, 6.45) is 1.01. The Labute approximate surface area is 211 Å². The second-order valence-electron chi connectivity index (χ2n) is 8.83. The second-order valence-corrected chi connectivity index (χ2v) is 8.83. The Kier molecular flexibility index (Phi) is 7.95. The Morgan fingerprint density at radius 3 is 2.67 bits per heavy atom. The van der Waals surface area contributed by atoms with E-state index >= 15 is 0 Å². The number of para-hydroxylation sites is 2. The molecule has 188 valence electrons. The van der Waals surface area contributed by atoms with Crippen LogP contribution in [0.2, 0.25) is 0 Å². The second kappa shape index (κ2) is 11.9. The highest BCUT2D eigenvalue weighted by atomic mass is 16.6. The van der Waals surface area contributed by atoms with Crippen LogP contribution in [-0.4, -0.2) is 72.9 Å². The largest absolute Gasteiger partial charge is 0.492 e. The van der Waals surface area contributed by atoms with Gasteiger partial charge in [0, 0.05) is 32.4 Å². The van der Waals surface area contributed by atoms with E-state index < -0.39 is 6.10 Å². The third-order valence-corrected chi connectivity index (χ3v) is 6.23. The molecule has 36 heavy (non-hydrogen) atoms. The topological polar surface area (TPSA) is 73.4 Å². The summed E-state index contributed by atoms with van der Waals surface area (Å²) in [6.45, 7) is 5.82. The summed E-state index contributed by atoms with van der Waals surface area (Å²) in [7, 11) is 0. The Morgan fingerprint density at radius 1 is 1.00 bits per heavy atom. The van der Waals surface area contributed by atoms with Gasteiger partial charge in [-0.05, 0) is 42.0 Å². The smallest absolute Gasteiger partial charge is 0.267 e. The van der Waals surface area contributed by atoms with E-state index in [1.165, 1.54) is 0 Å². The van der Waals surface area contributed by atoms with Crippen LogP contribution in [0.1, 0.15) is 11.3 Å². The predicted octanol–water partition coefficient (Wildman–Crippen LogP) is 3.16. The fourth-order valence-corrected chi connectivity index (χ4v) is 4.32. The zero-order chi connectivity index (χ0) is 24.6. The maximum atomic E-state index is 13.6. The zero-order valence-electron chi connectivity index (χ0n) is 20.3. The molecule has 5 rings (SSSR count). The number of aromatic nitrogens is 1. The van der Waals surface area contributed by atoms with Gasteiger partial charge in [0.2, 0.25) is 6.10 Å². The first-order valence-corrected chi connectivity index (χ1v) is 12.3. The number of benzene rings is 2. The minimum Gasteiger partial charge on any atom is -0.492 e. The highest BCUT2D eigenvalue weighted by Gasteiger charge is 2.31. The molecule has 1 atom stereocenters. The summed E-state index contributed by atoms with van der Waals surface area (Å²) in [4.78, 5) is 22.1. The Bertz CT molecular complexity index is 1140. The van der Waals surface area contributed by atoms with Crippen molar-refractivity contribution in [1.29, 1.82) is 0 Å². The van der Waals surface area contributed by atoms with Gasteiger partial charge in [0.1, 0.15) is 19.0 Å². The first-order chi connectivity index (χ1) is 17.7. The molecule has 8 heteroatoms. The highest BCUT2D eigenvalue weighted by Crippen LogP contribution is 2.31. The molecule has 1 unspecified atom stereocenters. The van der Waals surface area contributed by atoms with Gasteiger partial charge in [-0.3, -0.25) is 14.7 Å². The fourth-order valence-electron chi connectivity index (χ4n) is 4.32. The summed E-state index contributed by atoms with van der Waals surface area (Å²) >= 11 is 0. The first kappa shape index (κ1) is 24.1. The van der Waals surface area contributed by atoms with Crippen LogP contribution in [0.4, 0.5) is 0 Å². The number of carbonyl (C=O) groups excluding carboxylic acids is 1. The number of morpholine rings is 1. The molecule has 3 heterocycles. The van der Waals surface area contributed by atoms with E-state index in [0.29, 0.717) is 31.2 Å². The summed E-state index contributed by atoms with van der Waals surface area (Å²) in [5.74, 6) is 1.88. The monoisotopic (exact) mass is 489 g/mol. The van der Waals surface area contributed by atoms with Crippen LogP contribution in [0.3, 0.4) is 0 Å². The number of hydrogen-bond acceptors (Lipinski definition) is 7. The average Bonchev–Trinajstić information content (AvgIpc) is 2.93. The van der Waals surface area contributed by atoms with E-state index in [4.69, 9.17) is 18.9 Å². The molecule has 0 N–H and O–H groups in total. The number of nitrogens with zero attached hydrogens (tertiary/aromatic N) is 3. The minimum atomic E-state index is -0.725. The van der Waals surface area contributed by atoms with Crippen molar-refractivity contribution in [2.45, 2.75) is 19.2 Å². The third kappa shape index (κ3) is 6.33. The molecule has 0 saturated carbocycles. The summed E-state index contributed by atoms with van der Waals surface area (Å²) in [5.41, 5.74) is 1.78. The quantitative estimate of drug-likeness (QED) is 0.457. The summed E-state index contributed by atoms with van der Waals surface area (Å²) in [6, 6.07) is 21.0. The molecular weight excluding hydrogens is 458 g/mol. The van der Waals surface area contributed by atoms with E-state index in [1.54, 1.807) is 11.1 Å². The maximum absolute atomic E-state index is 13.6. The Hall–Kier alpha value is -3.62. The van der Waals surface area contributed by atoms with Crippen LogP contribution in [-0.2, 0) is 22.6 Å². The van der Waals surface area contributed by atoms with E-state index in [1.807, 2.05) is 66.7 Å². The zero-order valence-corrected chi connectivity index (χ0v) is 20.3. The summed E-state index contributed by atoms with van der Waals surface area (Å²) < 4.78 is 23.2. The van der Waals surface area contributed by atoms with Gasteiger partial charge in [0.25, 0.3) is 5.91 Å². The molecule has 3 aromatic rings. The number of carbonyl (C=O) groups is 1. The van der Waals surface area contributed by atoms with Gasteiger partial charge >= 0.3 is 0 Å². The van der Waals surface area contributed by atoms with Crippen molar-refractivity contribution in [3.8, 4) is 17.2 Å². The lowest BCUT2D eigenvalue weighted by atomic mass is 10.1. The van der Waals surface area contributed by atoms with Gasteiger partial charge in [-0.25, -0.2) is 0 Å². The lowest BCUT2D eigenvalue weighted by Gasteiger charge is -2.31. The Morgan fingerprint density at radius 2 is 1.83 bits per heavy atom. The van der Waals surface area contributed by atoms with Gasteiger partial charge in [-0.2, -0.15) is 0 Å². The van der Waals surface area contributed by atoms with Crippen molar-refractivity contribution in [3.63, 3.8) is 0 Å². The van der Waals surface area contributed by atoms with Crippen LogP contribution >= 0.6 is 0 Å². The molecule has 8 nitrogen and oxygen atoms in total. The average molecular weight is 490 g/mol. The number of ether oxygens (including phenoxy) is 4. The lowest BCUT2D eigenvalue weighted by molar-refractivity contribution is -0.142. The molecule has 0 radical (unpaired) electrons. The van der Waals surface area contributed by atoms with Crippen molar-refractivity contribution in [3.05, 3.63) is 84.2 Å². The fraction of sp³-hybridized carbons (Fsp3) is 0.357. The van der Waals surface area contributed by atoms with E-state index in [2.05, 4.69) is 9.88 Å². The minimum absolute atomic E-state index is 0.145. The molecular formula is C28H31N3O5. The van der Waals surface area contributed by atoms with Crippen molar-refractivity contribution in [1.82, 2.24) is 14.8 Å². The molecule has 2 aromatic carbocycles. The Balaban J connectivity index is 1.26. The highest BCUT2D eigenvalue weighted by molar-refractivity contribution is 5.82. The van der Waals surface area contributed by atoms with Crippen molar-refractivity contribution < 1.29 is 23.7 Å². The molecule has 2 aliphatic rings. The van der Waals surface area contributed by atoms with Crippen LogP contribution in [0.5, 0.6) is 17.2 Å². The molecule has 0 spiro atoms. The SMILES string of the molecule is O=C(C1COc2ccccc2O1)N(Cc1cccc(OCCN2CCOCC2)c1)Cc1ccccn1. The van der Waals surface area contributed by atoms with Gasteiger partial charge in [0.15, 0.2) is 11.5 Å². The molecule has 2 aliphatic heterocycles. The van der Waals surface area contributed by atoms with Crippen LogP contribution in [0, 0.1) is 0 Å². The lowest BCUT2D eigenvalue weighted by Crippen LogP contribution is -2.45. The summed E-state index contributed by atoms with van der Waals surface area (Å²) in [5, 5.41) is 0. The molecule has 1 amide bonds. The van der Waals surface area contributed by atoms with Crippen molar-refractivity contribution in [2.24, 2.45) is 0 Å². The molecule has 0 bridgehead atoms. The number of fused-ring (bicyclic) bond motifs is 1. The van der Waals surface area contributed by atoms with E-state index in [0.717, 1.165) is 49.9 Å². The van der Waals surface area contributed by atoms with Crippen LogP contribution < -0.4 is 14.2 Å². The van der Waals surface area contributed by atoms with Gasteiger partial charge in [-0.15, -0.1) is 0 Å². The van der Waals surface area contributed by atoms with Crippen LogP contribution in [0.25, 0.3) is 0 Å². The molecule has 1 aromatic heterocycles. The standard InChI is InChI=1S/C28H31N3O5/c32-28(27-21-35-25-9-1-2-10-26(25)36-27)31(20-23-7-3-4-11-29-23)19-22-6-5-8-24(18-22)34-17-14-30-12-15-33-16-13-30/h1-11,18,27H,12-17,19-21H2. The van der Waals surface area contributed by atoms with Gasteiger partial charge in [0.05, 0.1) is 25.5 Å². The van der Waals surface area contributed by atoms with Crippen molar-refractivity contribution in [2.75, 3.05) is 46.1 Å². The molecule has 0 aliphatic carbocycles. The number of pyridine rings is 1.